The highest BCUT2D eigenvalue weighted by Gasteiger charge is 2.26. The maximum Gasteiger partial charge on any atom is 0.264 e. The van der Waals surface area contributed by atoms with Crippen LogP contribution in [-0.2, 0) is 6.54 Å². The van der Waals surface area contributed by atoms with Crippen LogP contribution in [0.1, 0.15) is 31.2 Å². The topological polar surface area (TPSA) is 56.2 Å². The van der Waals surface area contributed by atoms with E-state index in [9.17, 15) is 14.0 Å². The van der Waals surface area contributed by atoms with E-state index >= 15 is 0 Å². The maximum atomic E-state index is 14.7. The monoisotopic (exact) mass is 496 g/mol. The van der Waals surface area contributed by atoms with Crippen LogP contribution in [0.2, 0.25) is 5.02 Å². The molecule has 9 heteroatoms. The lowest BCUT2D eigenvalue weighted by atomic mass is 10.1. The number of hydrogen-bond acceptors (Lipinski definition) is 5. The highest BCUT2D eigenvalue weighted by Crippen LogP contribution is 2.28. The summed E-state index contributed by atoms with van der Waals surface area (Å²) in [5.41, 5.74) is 2.66. The summed E-state index contributed by atoms with van der Waals surface area (Å²) in [5, 5.41) is 2.49. The minimum Gasteiger partial charge on any atom is -0.347 e. The van der Waals surface area contributed by atoms with Crippen LogP contribution < -0.4 is 4.90 Å². The number of hydrogen-bond donors (Lipinski definition) is 0. The van der Waals surface area contributed by atoms with E-state index in [4.69, 9.17) is 11.6 Å². The standard InChI is InChI=1S/C25H22ClFN4O2S/c26-20-4-6-22-18(13-20)14-28-16-31(22)15-19-12-17(3-5-21(19)27)24(32)29-7-9-30(10-8-29)25(33)23-2-1-11-34-23/h1-6,11-14H,7-10,15-16H2. The number of piperazine rings is 1. The molecule has 34 heavy (non-hydrogen) atoms. The van der Waals surface area contributed by atoms with Crippen LogP contribution in [0, 0.1) is 5.82 Å². The van der Waals surface area contributed by atoms with Gasteiger partial charge in [-0.05, 0) is 47.8 Å². The van der Waals surface area contributed by atoms with Crippen molar-refractivity contribution in [3.63, 3.8) is 0 Å². The second-order valence-electron chi connectivity index (χ2n) is 8.22. The number of fused-ring (bicyclic) bond motifs is 1. The molecule has 2 aromatic carbocycles. The Balaban J connectivity index is 1.27. The van der Waals surface area contributed by atoms with Crippen LogP contribution in [0.4, 0.5) is 10.1 Å². The number of nitrogens with zero attached hydrogens (tertiary/aromatic N) is 4. The Morgan fingerprint density at radius 1 is 1.00 bits per heavy atom. The molecule has 3 heterocycles. The fourth-order valence-electron chi connectivity index (χ4n) is 4.25. The van der Waals surface area contributed by atoms with Crippen molar-refractivity contribution in [2.75, 3.05) is 37.7 Å². The molecule has 1 fully saturated rings. The van der Waals surface area contributed by atoms with Gasteiger partial charge in [-0.25, -0.2) is 4.39 Å². The Bertz CT molecular complexity index is 1260. The van der Waals surface area contributed by atoms with Gasteiger partial charge in [-0.15, -0.1) is 11.3 Å². The second kappa shape index (κ2) is 9.56. The molecule has 0 bridgehead atoms. The molecular formula is C25H22ClFN4O2S. The van der Waals surface area contributed by atoms with Crippen molar-refractivity contribution in [2.24, 2.45) is 4.99 Å². The number of carbonyl (C=O) groups excluding carboxylic acids is 2. The van der Waals surface area contributed by atoms with Crippen molar-refractivity contribution in [2.45, 2.75) is 6.54 Å². The Kier molecular flexibility index (Phi) is 6.34. The van der Waals surface area contributed by atoms with E-state index in [-0.39, 0.29) is 24.2 Å². The smallest absolute Gasteiger partial charge is 0.264 e. The average Bonchev–Trinajstić information content (AvgIpc) is 3.40. The van der Waals surface area contributed by atoms with Gasteiger partial charge in [0.25, 0.3) is 11.8 Å². The summed E-state index contributed by atoms with van der Waals surface area (Å²) in [6.45, 7) is 2.51. The first-order chi connectivity index (χ1) is 16.5. The third-order valence-electron chi connectivity index (χ3n) is 6.05. The molecule has 6 nitrogen and oxygen atoms in total. The summed E-state index contributed by atoms with van der Waals surface area (Å²) < 4.78 is 14.7. The fraction of sp³-hybridized carbons (Fsp3) is 0.240. The third-order valence-corrected chi connectivity index (χ3v) is 7.15. The molecule has 1 saturated heterocycles. The summed E-state index contributed by atoms with van der Waals surface area (Å²) in [5.74, 6) is -0.529. The van der Waals surface area contributed by atoms with E-state index in [1.165, 1.54) is 23.5 Å². The number of anilines is 1. The molecule has 2 aliphatic rings. The van der Waals surface area contributed by atoms with Crippen molar-refractivity contribution >= 4 is 46.7 Å². The third kappa shape index (κ3) is 4.56. The van der Waals surface area contributed by atoms with E-state index in [1.807, 2.05) is 34.5 Å². The number of rotatable bonds is 4. The van der Waals surface area contributed by atoms with Gasteiger partial charge in [-0.3, -0.25) is 14.6 Å². The van der Waals surface area contributed by atoms with Crippen molar-refractivity contribution in [1.29, 1.82) is 0 Å². The predicted octanol–water partition coefficient (Wildman–Crippen LogP) is 4.54. The predicted molar refractivity (Wildman–Crippen MR) is 133 cm³/mol. The first-order valence-electron chi connectivity index (χ1n) is 10.9. The quantitative estimate of drug-likeness (QED) is 0.533. The van der Waals surface area contributed by atoms with Gasteiger partial charge in [-0.2, -0.15) is 0 Å². The van der Waals surface area contributed by atoms with Gasteiger partial charge in [0.2, 0.25) is 0 Å². The minimum absolute atomic E-state index is 0.00285. The summed E-state index contributed by atoms with van der Waals surface area (Å²) >= 11 is 7.50. The summed E-state index contributed by atoms with van der Waals surface area (Å²) in [4.78, 5) is 36.2. The lowest BCUT2D eigenvalue weighted by Crippen LogP contribution is -2.50. The number of amides is 2. The zero-order valence-electron chi connectivity index (χ0n) is 18.3. The molecule has 0 N–H and O–H groups in total. The van der Waals surface area contributed by atoms with Crippen LogP contribution >= 0.6 is 22.9 Å². The molecule has 3 aromatic rings. The molecule has 174 valence electrons. The molecular weight excluding hydrogens is 475 g/mol. The van der Waals surface area contributed by atoms with Crippen LogP contribution in [-0.4, -0.2) is 60.7 Å². The van der Waals surface area contributed by atoms with Crippen LogP contribution in [0.25, 0.3) is 0 Å². The Morgan fingerprint density at radius 2 is 1.76 bits per heavy atom. The number of halogens is 2. The average molecular weight is 497 g/mol. The van der Waals surface area contributed by atoms with Crippen molar-refractivity contribution in [1.82, 2.24) is 9.80 Å². The highest BCUT2D eigenvalue weighted by atomic mass is 35.5. The normalized spacial score (nSPS) is 15.4. The molecule has 1 aromatic heterocycles. The van der Waals surface area contributed by atoms with Gasteiger partial charge in [0, 0.05) is 66.3 Å². The zero-order valence-corrected chi connectivity index (χ0v) is 19.9. The number of aliphatic imine (C=N–C) groups is 1. The van der Waals surface area contributed by atoms with Gasteiger partial charge in [0.05, 0.1) is 4.88 Å². The molecule has 0 aliphatic carbocycles. The molecule has 2 amide bonds. The minimum atomic E-state index is -0.368. The summed E-state index contributed by atoms with van der Waals surface area (Å²) in [6, 6.07) is 13.7. The van der Waals surface area contributed by atoms with Gasteiger partial charge < -0.3 is 14.7 Å². The first kappa shape index (κ1) is 22.6. The number of thiophene rings is 1. The van der Waals surface area contributed by atoms with Crippen molar-refractivity contribution < 1.29 is 14.0 Å². The lowest BCUT2D eigenvalue weighted by molar-refractivity contribution is 0.0538. The van der Waals surface area contributed by atoms with Crippen LogP contribution in [0.3, 0.4) is 0 Å². The van der Waals surface area contributed by atoms with Gasteiger partial charge in [0.1, 0.15) is 12.5 Å². The Labute approximate surface area is 205 Å². The molecule has 0 saturated carbocycles. The molecule has 5 rings (SSSR count). The first-order valence-corrected chi connectivity index (χ1v) is 12.2. The summed E-state index contributed by atoms with van der Waals surface area (Å²) in [6.07, 6.45) is 1.76. The lowest BCUT2D eigenvalue weighted by Gasteiger charge is -2.34. The Hall–Kier alpha value is -3.23. The van der Waals surface area contributed by atoms with E-state index in [0.717, 1.165) is 11.3 Å². The van der Waals surface area contributed by atoms with E-state index in [0.29, 0.717) is 53.9 Å². The fourth-order valence-corrected chi connectivity index (χ4v) is 5.12. The van der Waals surface area contributed by atoms with E-state index in [2.05, 4.69) is 4.99 Å². The van der Waals surface area contributed by atoms with E-state index in [1.54, 1.807) is 28.1 Å². The molecule has 0 radical (unpaired) electrons. The number of carbonyl (C=O) groups is 2. The molecule has 2 aliphatic heterocycles. The second-order valence-corrected chi connectivity index (χ2v) is 9.61. The molecule has 0 atom stereocenters. The zero-order chi connectivity index (χ0) is 23.7. The van der Waals surface area contributed by atoms with Gasteiger partial charge in [-0.1, -0.05) is 17.7 Å². The molecule has 0 spiro atoms. The highest BCUT2D eigenvalue weighted by molar-refractivity contribution is 7.12. The number of benzene rings is 2. The SMILES string of the molecule is O=C(c1ccc(F)c(CN2CN=Cc3cc(Cl)ccc32)c1)N1CCN(C(=O)c2cccs2)CC1. The van der Waals surface area contributed by atoms with Gasteiger partial charge >= 0.3 is 0 Å². The van der Waals surface area contributed by atoms with Crippen LogP contribution in [0.5, 0.6) is 0 Å². The van der Waals surface area contributed by atoms with Crippen molar-refractivity contribution in [3.8, 4) is 0 Å². The Morgan fingerprint density at radius 3 is 2.50 bits per heavy atom. The van der Waals surface area contributed by atoms with Crippen molar-refractivity contribution in [3.05, 3.63) is 86.3 Å². The van der Waals surface area contributed by atoms with E-state index < -0.39 is 0 Å². The van der Waals surface area contributed by atoms with Gasteiger partial charge in [0.15, 0.2) is 0 Å². The summed E-state index contributed by atoms with van der Waals surface area (Å²) in [7, 11) is 0. The largest absolute Gasteiger partial charge is 0.347 e. The maximum absolute atomic E-state index is 14.7. The molecule has 0 unspecified atom stereocenters. The van der Waals surface area contributed by atoms with Crippen LogP contribution in [0.15, 0.2) is 58.9 Å².